The maximum atomic E-state index is 11.9. The minimum absolute atomic E-state index is 0.158. The van der Waals surface area contributed by atoms with Gasteiger partial charge in [0.1, 0.15) is 5.82 Å². The van der Waals surface area contributed by atoms with E-state index in [9.17, 15) is 4.79 Å². The van der Waals surface area contributed by atoms with E-state index in [1.165, 1.54) is 35.9 Å². The molecule has 1 saturated carbocycles. The molecule has 6 heteroatoms. The van der Waals surface area contributed by atoms with Crippen LogP contribution in [0.15, 0.2) is 22.7 Å². The Balaban J connectivity index is 1.64. The van der Waals surface area contributed by atoms with Crippen molar-refractivity contribution in [1.29, 1.82) is 0 Å². The van der Waals surface area contributed by atoms with Crippen LogP contribution in [0.5, 0.6) is 0 Å². The second-order valence-electron chi connectivity index (χ2n) is 4.36. The number of hydrogen-bond acceptors (Lipinski definition) is 5. The molecule has 2 heterocycles. The highest BCUT2D eigenvalue weighted by molar-refractivity contribution is 7.99. The van der Waals surface area contributed by atoms with Crippen LogP contribution in [0.1, 0.15) is 34.3 Å². The first kappa shape index (κ1) is 11.9. The molecule has 0 N–H and O–H groups in total. The molecule has 1 aliphatic rings. The lowest BCUT2D eigenvalue weighted by atomic mass is 10.4. The SMILES string of the molecule is Cn1c(SCC(=O)c2cccs2)nnc1C1CC1. The van der Waals surface area contributed by atoms with Gasteiger partial charge in [-0.05, 0) is 24.3 Å². The van der Waals surface area contributed by atoms with Crippen LogP contribution in [-0.4, -0.2) is 26.3 Å². The molecular formula is C12H13N3OS2. The van der Waals surface area contributed by atoms with Crippen molar-refractivity contribution in [3.8, 4) is 0 Å². The van der Waals surface area contributed by atoms with Crippen molar-refractivity contribution in [3.63, 3.8) is 0 Å². The summed E-state index contributed by atoms with van der Waals surface area (Å²) >= 11 is 2.95. The summed E-state index contributed by atoms with van der Waals surface area (Å²) in [6.07, 6.45) is 2.43. The van der Waals surface area contributed by atoms with Crippen molar-refractivity contribution in [3.05, 3.63) is 28.2 Å². The van der Waals surface area contributed by atoms with Gasteiger partial charge in [-0.3, -0.25) is 4.79 Å². The van der Waals surface area contributed by atoms with Crippen LogP contribution >= 0.6 is 23.1 Å². The lowest BCUT2D eigenvalue weighted by molar-refractivity contribution is 0.102. The summed E-state index contributed by atoms with van der Waals surface area (Å²) in [4.78, 5) is 12.7. The molecule has 0 aliphatic heterocycles. The molecule has 0 radical (unpaired) electrons. The zero-order valence-electron chi connectivity index (χ0n) is 10.00. The van der Waals surface area contributed by atoms with E-state index in [0.29, 0.717) is 11.7 Å². The number of thioether (sulfide) groups is 1. The molecule has 1 fully saturated rings. The third-order valence-electron chi connectivity index (χ3n) is 2.94. The quantitative estimate of drug-likeness (QED) is 0.623. The Labute approximate surface area is 113 Å². The van der Waals surface area contributed by atoms with Crippen LogP contribution in [0.2, 0.25) is 0 Å². The Kier molecular flexibility index (Phi) is 3.22. The van der Waals surface area contributed by atoms with Gasteiger partial charge < -0.3 is 4.57 Å². The van der Waals surface area contributed by atoms with Gasteiger partial charge in [-0.25, -0.2) is 0 Å². The van der Waals surface area contributed by atoms with Gasteiger partial charge in [-0.15, -0.1) is 21.5 Å². The Bertz CT molecular complexity index is 558. The molecule has 94 valence electrons. The Morgan fingerprint density at radius 3 is 3.06 bits per heavy atom. The van der Waals surface area contributed by atoms with Gasteiger partial charge in [-0.1, -0.05) is 17.8 Å². The number of nitrogens with zero attached hydrogens (tertiary/aromatic N) is 3. The van der Waals surface area contributed by atoms with Crippen molar-refractivity contribution >= 4 is 28.9 Å². The lowest BCUT2D eigenvalue weighted by Crippen LogP contribution is -2.02. The van der Waals surface area contributed by atoms with E-state index >= 15 is 0 Å². The van der Waals surface area contributed by atoms with Crippen LogP contribution in [-0.2, 0) is 7.05 Å². The number of aromatic nitrogens is 3. The van der Waals surface area contributed by atoms with Gasteiger partial charge in [0.2, 0.25) is 0 Å². The van der Waals surface area contributed by atoms with E-state index in [1.54, 1.807) is 0 Å². The molecule has 2 aromatic heterocycles. The second kappa shape index (κ2) is 4.85. The topological polar surface area (TPSA) is 47.8 Å². The fourth-order valence-corrected chi connectivity index (χ4v) is 3.34. The molecule has 3 rings (SSSR count). The second-order valence-corrected chi connectivity index (χ2v) is 6.25. The first-order valence-corrected chi connectivity index (χ1v) is 7.71. The largest absolute Gasteiger partial charge is 0.309 e. The highest BCUT2D eigenvalue weighted by Crippen LogP contribution is 2.39. The number of Topliss-reactive ketones (excluding diaryl/α,β-unsaturated/α-hetero) is 1. The third kappa shape index (κ3) is 2.35. The average Bonchev–Trinajstić information content (AvgIpc) is 2.92. The molecule has 0 unspecified atom stereocenters. The van der Waals surface area contributed by atoms with Crippen LogP contribution in [0.3, 0.4) is 0 Å². The van der Waals surface area contributed by atoms with Crippen molar-refractivity contribution < 1.29 is 4.79 Å². The maximum Gasteiger partial charge on any atom is 0.191 e. The van der Waals surface area contributed by atoms with E-state index < -0.39 is 0 Å². The Morgan fingerprint density at radius 2 is 2.39 bits per heavy atom. The highest BCUT2D eigenvalue weighted by Gasteiger charge is 2.29. The summed E-state index contributed by atoms with van der Waals surface area (Å²) in [6.45, 7) is 0. The predicted molar refractivity (Wildman–Crippen MR) is 72.4 cm³/mol. The molecule has 0 atom stereocenters. The fourth-order valence-electron chi connectivity index (χ4n) is 1.79. The number of carbonyl (C=O) groups excluding carboxylic acids is 1. The minimum atomic E-state index is 0.158. The van der Waals surface area contributed by atoms with Gasteiger partial charge in [0.15, 0.2) is 10.9 Å². The molecule has 0 amide bonds. The molecule has 4 nitrogen and oxygen atoms in total. The van der Waals surface area contributed by atoms with Crippen LogP contribution in [0.4, 0.5) is 0 Å². The van der Waals surface area contributed by atoms with Crippen molar-refractivity contribution in [2.45, 2.75) is 23.9 Å². The Hall–Kier alpha value is -1.14. The number of hydrogen-bond donors (Lipinski definition) is 0. The summed E-state index contributed by atoms with van der Waals surface area (Å²) in [5.41, 5.74) is 0. The van der Waals surface area contributed by atoms with Gasteiger partial charge in [0.25, 0.3) is 0 Å². The molecular weight excluding hydrogens is 266 g/mol. The summed E-state index contributed by atoms with van der Waals surface area (Å²) in [5, 5.41) is 11.1. The highest BCUT2D eigenvalue weighted by atomic mass is 32.2. The van der Waals surface area contributed by atoms with E-state index in [0.717, 1.165) is 15.9 Å². The zero-order chi connectivity index (χ0) is 12.5. The van der Waals surface area contributed by atoms with Crippen LogP contribution in [0.25, 0.3) is 0 Å². The van der Waals surface area contributed by atoms with E-state index in [4.69, 9.17) is 0 Å². The minimum Gasteiger partial charge on any atom is -0.309 e. The molecule has 0 bridgehead atoms. The van der Waals surface area contributed by atoms with Gasteiger partial charge in [-0.2, -0.15) is 0 Å². The molecule has 0 spiro atoms. The first-order valence-electron chi connectivity index (χ1n) is 5.84. The fraction of sp³-hybridized carbons (Fsp3) is 0.417. The zero-order valence-corrected chi connectivity index (χ0v) is 11.6. The first-order chi connectivity index (χ1) is 8.75. The number of carbonyl (C=O) groups is 1. The third-order valence-corrected chi connectivity index (χ3v) is 4.87. The number of ketones is 1. The standard InChI is InChI=1S/C12H13N3OS2/c1-15-11(8-4-5-8)13-14-12(15)18-7-9(16)10-3-2-6-17-10/h2-3,6,8H,4-5,7H2,1H3. The molecule has 1 aliphatic carbocycles. The van der Waals surface area contributed by atoms with Crippen molar-refractivity contribution in [1.82, 2.24) is 14.8 Å². The van der Waals surface area contributed by atoms with Crippen LogP contribution < -0.4 is 0 Å². The molecule has 2 aromatic rings. The summed E-state index contributed by atoms with van der Waals surface area (Å²) in [6, 6.07) is 3.76. The molecule has 0 aromatic carbocycles. The lowest BCUT2D eigenvalue weighted by Gasteiger charge is -2.01. The summed E-state index contributed by atoms with van der Waals surface area (Å²) in [7, 11) is 1.98. The van der Waals surface area contributed by atoms with Crippen LogP contribution in [0, 0.1) is 0 Å². The number of thiophene rings is 1. The molecule has 0 saturated heterocycles. The predicted octanol–water partition coefficient (Wildman–Crippen LogP) is 2.73. The van der Waals surface area contributed by atoms with E-state index in [1.807, 2.05) is 29.1 Å². The number of rotatable bonds is 5. The van der Waals surface area contributed by atoms with Crippen molar-refractivity contribution in [2.75, 3.05) is 5.75 Å². The van der Waals surface area contributed by atoms with Gasteiger partial charge in [0, 0.05) is 13.0 Å². The smallest absolute Gasteiger partial charge is 0.191 e. The van der Waals surface area contributed by atoms with Gasteiger partial charge in [0.05, 0.1) is 10.6 Å². The monoisotopic (exact) mass is 279 g/mol. The normalized spacial score (nSPS) is 14.9. The molecule has 18 heavy (non-hydrogen) atoms. The van der Waals surface area contributed by atoms with E-state index in [2.05, 4.69) is 10.2 Å². The summed E-state index contributed by atoms with van der Waals surface area (Å²) in [5.74, 6) is 2.23. The average molecular weight is 279 g/mol. The van der Waals surface area contributed by atoms with Gasteiger partial charge >= 0.3 is 0 Å². The Morgan fingerprint density at radius 1 is 1.56 bits per heavy atom. The summed E-state index contributed by atoms with van der Waals surface area (Å²) < 4.78 is 2.02. The van der Waals surface area contributed by atoms with Crippen molar-refractivity contribution in [2.24, 2.45) is 7.05 Å². The maximum absolute atomic E-state index is 11.9. The van der Waals surface area contributed by atoms with E-state index in [-0.39, 0.29) is 5.78 Å².